The van der Waals surface area contributed by atoms with Crippen LogP contribution in [0.15, 0.2) is 16.8 Å². The quantitative estimate of drug-likeness (QED) is 0.690. The highest BCUT2D eigenvalue weighted by molar-refractivity contribution is 7.80. The molecule has 0 bridgehead atoms. The third-order valence-electron chi connectivity index (χ3n) is 2.62. The second-order valence-corrected chi connectivity index (χ2v) is 4.28. The molecule has 3 nitrogen and oxygen atoms in total. The summed E-state index contributed by atoms with van der Waals surface area (Å²) in [6, 6.07) is 0.243. The maximum absolute atomic E-state index is 5.45. The number of hydrogen-bond donors (Lipinski definition) is 2. The monoisotopic (exact) mass is 209 g/mol. The summed E-state index contributed by atoms with van der Waals surface area (Å²) in [4.78, 5) is 4.65. The molecule has 4 heteroatoms. The van der Waals surface area contributed by atoms with Crippen molar-refractivity contribution in [3.63, 3.8) is 0 Å². The van der Waals surface area contributed by atoms with Gasteiger partial charge in [-0.3, -0.25) is 4.99 Å². The first kappa shape index (κ1) is 9.65. The van der Waals surface area contributed by atoms with E-state index in [1.54, 1.807) is 0 Å². The zero-order valence-corrected chi connectivity index (χ0v) is 9.10. The molecule has 1 fully saturated rings. The van der Waals surface area contributed by atoms with E-state index >= 15 is 0 Å². The van der Waals surface area contributed by atoms with E-state index in [1.807, 2.05) is 0 Å². The molecule has 76 valence electrons. The highest BCUT2D eigenvalue weighted by atomic mass is 32.1. The molecule has 1 atom stereocenters. The van der Waals surface area contributed by atoms with Gasteiger partial charge in [0, 0.05) is 17.3 Å². The predicted molar refractivity (Wildman–Crippen MR) is 62.2 cm³/mol. The van der Waals surface area contributed by atoms with Crippen LogP contribution in [0.1, 0.15) is 26.2 Å². The highest BCUT2D eigenvalue weighted by Gasteiger charge is 2.31. The number of rotatable bonds is 3. The first-order valence-electron chi connectivity index (χ1n) is 5.06. The lowest BCUT2D eigenvalue weighted by molar-refractivity contribution is 0.725. The Kier molecular flexibility index (Phi) is 2.54. The van der Waals surface area contributed by atoms with Gasteiger partial charge in [0.2, 0.25) is 0 Å². The average molecular weight is 209 g/mol. The predicted octanol–water partition coefficient (Wildman–Crippen LogP) is 1.35. The van der Waals surface area contributed by atoms with Gasteiger partial charge in [-0.1, -0.05) is 6.92 Å². The molecule has 0 aromatic rings. The molecule has 0 saturated heterocycles. The van der Waals surface area contributed by atoms with Crippen molar-refractivity contribution >= 4 is 23.0 Å². The number of aliphatic imine (C=N–C) groups is 1. The van der Waals surface area contributed by atoms with Crippen LogP contribution in [0.4, 0.5) is 0 Å². The Morgan fingerprint density at radius 3 is 2.93 bits per heavy atom. The van der Waals surface area contributed by atoms with E-state index in [1.165, 1.54) is 18.6 Å². The van der Waals surface area contributed by atoms with Gasteiger partial charge in [-0.2, -0.15) is 0 Å². The van der Waals surface area contributed by atoms with Crippen molar-refractivity contribution in [3.8, 4) is 0 Å². The van der Waals surface area contributed by atoms with Gasteiger partial charge in [0.25, 0.3) is 0 Å². The van der Waals surface area contributed by atoms with Crippen LogP contribution in [-0.4, -0.2) is 16.9 Å². The Hall–Kier alpha value is -0.900. The number of nitrogens with one attached hydrogen (secondary N) is 1. The Morgan fingerprint density at radius 1 is 1.71 bits per heavy atom. The lowest BCUT2D eigenvalue weighted by atomic mass is 10.2. The molecule has 0 aromatic heterocycles. The lowest BCUT2D eigenvalue weighted by Gasteiger charge is -2.10. The van der Waals surface area contributed by atoms with Gasteiger partial charge < -0.3 is 11.1 Å². The average Bonchev–Trinajstić information content (AvgIpc) is 2.89. The lowest BCUT2D eigenvalue weighted by Crippen LogP contribution is -2.31. The fourth-order valence-electron chi connectivity index (χ4n) is 1.72. The summed E-state index contributed by atoms with van der Waals surface area (Å²) in [5.41, 5.74) is 7.76. The molecule has 0 radical (unpaired) electrons. The van der Waals surface area contributed by atoms with Crippen LogP contribution in [0.2, 0.25) is 0 Å². The maximum atomic E-state index is 5.45. The second kappa shape index (κ2) is 3.69. The Bertz CT molecular complexity index is 315. The van der Waals surface area contributed by atoms with Crippen molar-refractivity contribution in [2.24, 2.45) is 16.6 Å². The van der Waals surface area contributed by atoms with Crippen LogP contribution in [-0.2, 0) is 0 Å². The largest absolute Gasteiger partial charge is 0.376 e. The second-order valence-electron chi connectivity index (χ2n) is 3.84. The molecular weight excluding hydrogens is 194 g/mol. The van der Waals surface area contributed by atoms with Crippen LogP contribution in [0.3, 0.4) is 0 Å². The normalized spacial score (nSPS) is 25.6. The highest BCUT2D eigenvalue weighted by Crippen LogP contribution is 2.34. The van der Waals surface area contributed by atoms with E-state index in [0.717, 1.165) is 12.1 Å². The van der Waals surface area contributed by atoms with Gasteiger partial charge in [-0.25, -0.2) is 0 Å². The molecule has 0 spiro atoms. The van der Waals surface area contributed by atoms with Crippen molar-refractivity contribution in [2.45, 2.75) is 32.2 Å². The number of thiocarbonyl (C=S) groups is 1. The Labute approximate surface area is 89.5 Å². The van der Waals surface area contributed by atoms with E-state index < -0.39 is 0 Å². The zero-order valence-electron chi connectivity index (χ0n) is 8.29. The van der Waals surface area contributed by atoms with Gasteiger partial charge in [0.1, 0.15) is 0 Å². The van der Waals surface area contributed by atoms with E-state index in [9.17, 15) is 0 Å². The van der Waals surface area contributed by atoms with E-state index in [4.69, 9.17) is 18.0 Å². The van der Waals surface area contributed by atoms with Crippen molar-refractivity contribution in [1.29, 1.82) is 0 Å². The van der Waals surface area contributed by atoms with Crippen LogP contribution < -0.4 is 11.1 Å². The van der Waals surface area contributed by atoms with Gasteiger partial charge in [-0.05, 0) is 37.6 Å². The third-order valence-corrected chi connectivity index (χ3v) is 2.72. The van der Waals surface area contributed by atoms with Gasteiger partial charge >= 0.3 is 0 Å². The van der Waals surface area contributed by atoms with Crippen LogP contribution >= 0.6 is 12.2 Å². The number of nitrogens with two attached hydrogens (primary N) is 1. The van der Waals surface area contributed by atoms with Gasteiger partial charge in [0.15, 0.2) is 5.11 Å². The molecular formula is C10H15N3S. The smallest absolute Gasteiger partial charge is 0.167 e. The fourth-order valence-corrected chi connectivity index (χ4v) is 1.84. The number of nitrogens with zero attached hydrogens (tertiary/aromatic N) is 1. The fraction of sp³-hybridized carbons (Fsp3) is 0.600. The summed E-state index contributed by atoms with van der Waals surface area (Å²) in [5, 5.41) is 3.35. The van der Waals surface area contributed by atoms with Crippen LogP contribution in [0, 0.1) is 5.92 Å². The molecule has 1 heterocycles. The van der Waals surface area contributed by atoms with E-state index in [2.05, 4.69) is 23.3 Å². The van der Waals surface area contributed by atoms with Crippen molar-refractivity contribution in [3.05, 3.63) is 11.8 Å². The Balaban J connectivity index is 2.08. The molecule has 2 aliphatic rings. The molecule has 1 aliphatic carbocycles. The van der Waals surface area contributed by atoms with Crippen LogP contribution in [0.5, 0.6) is 0 Å². The van der Waals surface area contributed by atoms with E-state index in [-0.39, 0.29) is 6.04 Å². The first-order valence-corrected chi connectivity index (χ1v) is 5.47. The summed E-state index contributed by atoms with van der Waals surface area (Å²) in [6.45, 7) is 2.12. The summed E-state index contributed by atoms with van der Waals surface area (Å²) in [6.07, 6.45) is 5.68. The van der Waals surface area contributed by atoms with Crippen LogP contribution in [0.25, 0.3) is 0 Å². The summed E-state index contributed by atoms with van der Waals surface area (Å²) >= 11 is 4.83. The molecule has 0 amide bonds. The van der Waals surface area contributed by atoms with Crippen molar-refractivity contribution in [1.82, 2.24) is 5.32 Å². The number of hydrogen-bond acceptors (Lipinski definition) is 2. The molecule has 0 aromatic carbocycles. The minimum absolute atomic E-state index is 0.243. The molecule has 1 aliphatic heterocycles. The molecule has 2 rings (SSSR count). The molecule has 1 saturated carbocycles. The van der Waals surface area contributed by atoms with Crippen molar-refractivity contribution < 1.29 is 0 Å². The number of allylic oxidation sites excluding steroid dienone is 1. The third kappa shape index (κ3) is 1.95. The minimum atomic E-state index is 0.243. The van der Waals surface area contributed by atoms with E-state index in [0.29, 0.717) is 11.0 Å². The zero-order chi connectivity index (χ0) is 10.1. The minimum Gasteiger partial charge on any atom is -0.376 e. The van der Waals surface area contributed by atoms with Crippen molar-refractivity contribution in [2.75, 3.05) is 0 Å². The molecule has 3 N–H and O–H groups in total. The SMILES string of the molecule is CCC1N=C(C2CC2)C=C1NC(N)=S. The van der Waals surface area contributed by atoms with Gasteiger partial charge in [-0.15, -0.1) is 0 Å². The molecule has 1 unspecified atom stereocenters. The summed E-state index contributed by atoms with van der Waals surface area (Å²) in [7, 11) is 0. The topological polar surface area (TPSA) is 50.4 Å². The summed E-state index contributed by atoms with van der Waals surface area (Å²) < 4.78 is 0. The summed E-state index contributed by atoms with van der Waals surface area (Å²) in [5.74, 6) is 0.703. The Morgan fingerprint density at radius 2 is 2.43 bits per heavy atom. The van der Waals surface area contributed by atoms with Gasteiger partial charge in [0.05, 0.1) is 6.04 Å². The standard InChI is InChI=1S/C10H15N3S/c1-2-7-9(13-10(11)14)5-8(12-7)6-3-4-6/h5-7H,2-4H2,1H3,(H3,11,13,14). The molecule has 14 heavy (non-hydrogen) atoms. The first-order chi connectivity index (χ1) is 6.70. The maximum Gasteiger partial charge on any atom is 0.167 e.